The Balaban J connectivity index is 2.16. The second-order valence-corrected chi connectivity index (χ2v) is 4.10. The molecule has 94 valence electrons. The number of nitrogens with two attached hydrogens (primary N) is 1. The third-order valence-corrected chi connectivity index (χ3v) is 2.75. The summed E-state index contributed by atoms with van der Waals surface area (Å²) in [4.78, 5) is 3.85. The molecular formula is C10H8F2N4OS. The van der Waals surface area contributed by atoms with Crippen LogP contribution in [0, 0.1) is 11.6 Å². The van der Waals surface area contributed by atoms with Gasteiger partial charge >= 0.3 is 0 Å². The van der Waals surface area contributed by atoms with Crippen molar-refractivity contribution in [1.82, 2.24) is 4.98 Å². The highest BCUT2D eigenvalue weighted by atomic mass is 32.1. The molecule has 0 radical (unpaired) electrons. The van der Waals surface area contributed by atoms with Gasteiger partial charge in [-0.2, -0.15) is 5.10 Å². The topological polar surface area (TPSA) is 83.5 Å². The van der Waals surface area contributed by atoms with Gasteiger partial charge in [0, 0.05) is 5.38 Å². The highest BCUT2D eigenvalue weighted by Crippen LogP contribution is 2.21. The van der Waals surface area contributed by atoms with Gasteiger partial charge in [-0.05, 0) is 12.1 Å². The van der Waals surface area contributed by atoms with Gasteiger partial charge in [0.05, 0.1) is 11.8 Å². The molecule has 2 aromatic rings. The third-order valence-electron chi connectivity index (χ3n) is 1.99. The lowest BCUT2D eigenvalue weighted by molar-refractivity contribution is 0.453. The monoisotopic (exact) mass is 270 g/mol. The maximum Gasteiger partial charge on any atom is 0.205 e. The van der Waals surface area contributed by atoms with Gasteiger partial charge in [-0.15, -0.1) is 11.3 Å². The number of nitrogen functional groups attached to an aromatic ring is 1. The van der Waals surface area contributed by atoms with E-state index in [1.807, 2.05) is 0 Å². The van der Waals surface area contributed by atoms with Crippen molar-refractivity contribution in [3.63, 3.8) is 0 Å². The summed E-state index contributed by atoms with van der Waals surface area (Å²) in [6.45, 7) is 0. The maximum atomic E-state index is 13.3. The molecule has 18 heavy (non-hydrogen) atoms. The van der Waals surface area contributed by atoms with Crippen molar-refractivity contribution in [3.05, 3.63) is 34.7 Å². The van der Waals surface area contributed by atoms with Crippen molar-refractivity contribution < 1.29 is 13.9 Å². The fraction of sp³-hybridized carbons (Fsp3) is 0. The molecule has 1 heterocycles. The first-order valence-electron chi connectivity index (χ1n) is 4.75. The van der Waals surface area contributed by atoms with Crippen molar-refractivity contribution in [2.45, 2.75) is 0 Å². The van der Waals surface area contributed by atoms with E-state index in [0.717, 1.165) is 18.3 Å². The number of hydrogen-bond acceptors (Lipinski definition) is 6. The Morgan fingerprint density at radius 3 is 2.89 bits per heavy atom. The zero-order chi connectivity index (χ0) is 13.1. The van der Waals surface area contributed by atoms with E-state index < -0.39 is 17.4 Å². The van der Waals surface area contributed by atoms with Gasteiger partial charge in [0.2, 0.25) is 5.13 Å². The number of halogens is 2. The number of hydrogen-bond donors (Lipinski definition) is 3. The zero-order valence-electron chi connectivity index (χ0n) is 8.89. The number of hydrazone groups is 1. The van der Waals surface area contributed by atoms with Crippen LogP contribution in [0.2, 0.25) is 0 Å². The summed E-state index contributed by atoms with van der Waals surface area (Å²) in [7, 11) is 0. The minimum atomic E-state index is -1.17. The summed E-state index contributed by atoms with van der Waals surface area (Å²) in [6, 6.07) is 1.87. The van der Waals surface area contributed by atoms with E-state index >= 15 is 0 Å². The summed E-state index contributed by atoms with van der Waals surface area (Å²) >= 11 is 1.20. The van der Waals surface area contributed by atoms with Crippen LogP contribution in [0.4, 0.5) is 19.7 Å². The molecule has 4 N–H and O–H groups in total. The number of rotatable bonds is 3. The number of aromatic nitrogens is 1. The van der Waals surface area contributed by atoms with Crippen LogP contribution in [0.3, 0.4) is 0 Å². The predicted octanol–water partition coefficient (Wildman–Crippen LogP) is 2.16. The lowest BCUT2D eigenvalue weighted by Gasteiger charge is -2.01. The summed E-state index contributed by atoms with van der Waals surface area (Å²) in [5, 5.41) is 15.0. The summed E-state index contributed by atoms with van der Waals surface area (Å²) < 4.78 is 26.2. The molecular weight excluding hydrogens is 262 g/mol. The highest BCUT2D eigenvalue weighted by molar-refractivity contribution is 7.14. The zero-order valence-corrected chi connectivity index (χ0v) is 9.71. The first-order valence-corrected chi connectivity index (χ1v) is 5.63. The first kappa shape index (κ1) is 12.2. The van der Waals surface area contributed by atoms with Crippen molar-refractivity contribution in [3.8, 4) is 5.75 Å². The minimum Gasteiger partial charge on any atom is -0.507 e. The Bertz CT molecular complexity index is 600. The smallest absolute Gasteiger partial charge is 0.205 e. The lowest BCUT2D eigenvalue weighted by atomic mass is 10.2. The maximum absolute atomic E-state index is 13.3. The van der Waals surface area contributed by atoms with E-state index in [9.17, 15) is 13.9 Å². The van der Waals surface area contributed by atoms with E-state index in [2.05, 4.69) is 15.5 Å². The average Bonchev–Trinajstić information content (AvgIpc) is 2.74. The number of phenolic OH excluding ortho intramolecular Hbond substituents is 1. The van der Waals surface area contributed by atoms with Gasteiger partial charge in [-0.1, -0.05) is 0 Å². The third kappa shape index (κ3) is 2.54. The molecule has 2 rings (SSSR count). The second-order valence-electron chi connectivity index (χ2n) is 3.24. The quantitative estimate of drug-likeness (QED) is 0.589. The Kier molecular flexibility index (Phi) is 3.38. The molecule has 0 spiro atoms. The van der Waals surface area contributed by atoms with Crippen LogP contribution in [-0.2, 0) is 0 Å². The van der Waals surface area contributed by atoms with Crippen LogP contribution in [0.15, 0.2) is 22.6 Å². The van der Waals surface area contributed by atoms with Crippen molar-refractivity contribution in [1.29, 1.82) is 0 Å². The summed E-state index contributed by atoms with van der Waals surface area (Å²) in [5.74, 6) is -2.30. The van der Waals surface area contributed by atoms with Gasteiger partial charge < -0.3 is 10.8 Å². The van der Waals surface area contributed by atoms with Crippen molar-refractivity contribution in [2.75, 3.05) is 11.2 Å². The SMILES string of the molecule is Nc1csc(NN=Cc2c(O)ccc(F)c2F)n1. The molecule has 1 aromatic carbocycles. The van der Waals surface area contributed by atoms with Crippen molar-refractivity contribution in [2.24, 2.45) is 5.10 Å². The van der Waals surface area contributed by atoms with Crippen LogP contribution in [0.25, 0.3) is 0 Å². The van der Waals surface area contributed by atoms with Gasteiger partial charge in [-0.3, -0.25) is 5.43 Å². The van der Waals surface area contributed by atoms with Gasteiger partial charge in [0.15, 0.2) is 11.6 Å². The fourth-order valence-corrected chi connectivity index (χ4v) is 1.72. The van der Waals surface area contributed by atoms with E-state index in [0.29, 0.717) is 10.9 Å². The molecule has 5 nitrogen and oxygen atoms in total. The first-order chi connectivity index (χ1) is 8.58. The Labute approximate surface area is 105 Å². The van der Waals surface area contributed by atoms with Gasteiger partial charge in [0.1, 0.15) is 11.6 Å². The number of thiazole rings is 1. The molecule has 8 heteroatoms. The minimum absolute atomic E-state index is 0.331. The van der Waals surface area contributed by atoms with Crippen LogP contribution in [0.1, 0.15) is 5.56 Å². The molecule has 0 amide bonds. The van der Waals surface area contributed by atoms with Crippen LogP contribution in [-0.4, -0.2) is 16.3 Å². The van der Waals surface area contributed by atoms with Crippen LogP contribution in [0.5, 0.6) is 5.75 Å². The van der Waals surface area contributed by atoms with Crippen LogP contribution < -0.4 is 11.2 Å². The highest BCUT2D eigenvalue weighted by Gasteiger charge is 2.10. The van der Waals surface area contributed by atoms with Gasteiger partial charge in [0.25, 0.3) is 0 Å². The molecule has 0 bridgehead atoms. The van der Waals surface area contributed by atoms with E-state index in [1.165, 1.54) is 11.3 Å². The number of benzene rings is 1. The number of anilines is 2. The molecule has 0 fully saturated rings. The lowest BCUT2D eigenvalue weighted by Crippen LogP contribution is -1.96. The number of phenols is 1. The van der Waals surface area contributed by atoms with E-state index in [1.54, 1.807) is 5.38 Å². The number of nitrogens with one attached hydrogen (secondary N) is 1. The molecule has 1 aromatic heterocycles. The molecule has 0 saturated carbocycles. The molecule has 0 aliphatic rings. The Hall–Kier alpha value is -2.22. The predicted molar refractivity (Wildman–Crippen MR) is 65.8 cm³/mol. The number of nitrogens with zero attached hydrogens (tertiary/aromatic N) is 2. The Morgan fingerprint density at radius 1 is 1.44 bits per heavy atom. The van der Waals surface area contributed by atoms with Crippen LogP contribution >= 0.6 is 11.3 Å². The normalized spacial score (nSPS) is 11.0. The summed E-state index contributed by atoms with van der Waals surface area (Å²) in [6.07, 6.45) is 0.964. The Morgan fingerprint density at radius 2 is 2.22 bits per heavy atom. The molecule has 0 atom stereocenters. The van der Waals surface area contributed by atoms with E-state index in [-0.39, 0.29) is 5.56 Å². The fourth-order valence-electron chi connectivity index (χ4n) is 1.17. The molecule has 0 aliphatic carbocycles. The van der Waals surface area contributed by atoms with Gasteiger partial charge in [-0.25, -0.2) is 13.8 Å². The average molecular weight is 270 g/mol. The summed E-state index contributed by atoms with van der Waals surface area (Å²) in [5.41, 5.74) is 7.53. The standard InChI is InChI=1S/C10H8F2N4OS/c11-6-1-2-7(17)5(9(6)12)3-14-16-10-15-8(13)4-18-10/h1-4,17H,13H2,(H,15,16). The van der Waals surface area contributed by atoms with Crippen molar-refractivity contribution >= 4 is 28.5 Å². The molecule has 0 unspecified atom stereocenters. The van der Waals surface area contributed by atoms with E-state index in [4.69, 9.17) is 5.73 Å². The molecule has 0 aliphatic heterocycles. The second kappa shape index (κ2) is 4.96. The largest absolute Gasteiger partial charge is 0.507 e. The molecule has 0 saturated heterocycles. The number of aromatic hydroxyl groups is 1.